The van der Waals surface area contributed by atoms with Gasteiger partial charge in [-0.2, -0.15) is 0 Å². The summed E-state index contributed by atoms with van der Waals surface area (Å²) < 4.78 is 10.5. The average Bonchev–Trinajstić information content (AvgIpc) is 2.61. The molecule has 0 spiro atoms. The Kier molecular flexibility index (Phi) is 4.74. The Hall–Kier alpha value is -2.49. The topological polar surface area (TPSA) is 47.6 Å². The zero-order valence-corrected chi connectivity index (χ0v) is 14.2. The summed E-state index contributed by atoms with van der Waals surface area (Å²) in [4.78, 5) is 12.6. The van der Waals surface area contributed by atoms with Gasteiger partial charge in [0.25, 0.3) is 5.91 Å². The predicted molar refractivity (Wildman–Crippen MR) is 93.9 cm³/mol. The van der Waals surface area contributed by atoms with Crippen LogP contribution in [0.4, 0.5) is 0 Å². The van der Waals surface area contributed by atoms with E-state index in [9.17, 15) is 4.79 Å². The lowest BCUT2D eigenvalue weighted by atomic mass is 9.64. The van der Waals surface area contributed by atoms with E-state index in [4.69, 9.17) is 9.47 Å². The molecule has 3 rings (SSSR count). The van der Waals surface area contributed by atoms with Crippen LogP contribution in [-0.4, -0.2) is 26.7 Å². The first kappa shape index (κ1) is 16.4. The van der Waals surface area contributed by atoms with Gasteiger partial charge in [0.05, 0.1) is 19.8 Å². The Morgan fingerprint density at radius 3 is 2.42 bits per heavy atom. The van der Waals surface area contributed by atoms with Crippen molar-refractivity contribution in [3.63, 3.8) is 0 Å². The third-order valence-electron chi connectivity index (χ3n) is 4.94. The molecule has 2 aromatic carbocycles. The Balaban J connectivity index is 1.73. The summed E-state index contributed by atoms with van der Waals surface area (Å²) in [6.07, 6.45) is 3.42. The lowest BCUT2D eigenvalue weighted by Crippen LogP contribution is -2.45. The standard InChI is InChI=1S/C20H23NO3/c1-23-16-9-10-17(18(13-16)24-2)19(22)21-14-20(11-6-12-20)15-7-4-3-5-8-15/h3-5,7-10,13H,6,11-12,14H2,1-2H3,(H,21,22). The van der Waals surface area contributed by atoms with Gasteiger partial charge in [-0.15, -0.1) is 0 Å². The lowest BCUT2D eigenvalue weighted by molar-refractivity contribution is 0.0925. The number of methoxy groups -OCH3 is 2. The van der Waals surface area contributed by atoms with Crippen molar-refractivity contribution in [3.05, 3.63) is 59.7 Å². The highest BCUT2D eigenvalue weighted by Crippen LogP contribution is 2.43. The van der Waals surface area contributed by atoms with Crippen LogP contribution in [-0.2, 0) is 5.41 Å². The maximum atomic E-state index is 12.6. The molecule has 0 aliphatic heterocycles. The van der Waals surface area contributed by atoms with Crippen LogP contribution in [0.3, 0.4) is 0 Å². The molecule has 24 heavy (non-hydrogen) atoms. The fraction of sp³-hybridized carbons (Fsp3) is 0.350. The molecule has 1 aliphatic carbocycles. The van der Waals surface area contributed by atoms with E-state index < -0.39 is 0 Å². The third kappa shape index (κ3) is 3.09. The highest BCUT2D eigenvalue weighted by Gasteiger charge is 2.38. The normalized spacial score (nSPS) is 15.2. The van der Waals surface area contributed by atoms with E-state index in [1.165, 1.54) is 12.0 Å². The van der Waals surface area contributed by atoms with Gasteiger partial charge in [-0.05, 0) is 30.5 Å². The molecule has 0 bridgehead atoms. The van der Waals surface area contributed by atoms with Crippen molar-refractivity contribution in [3.8, 4) is 11.5 Å². The van der Waals surface area contributed by atoms with Crippen LogP contribution in [0, 0.1) is 0 Å². The number of benzene rings is 2. The number of ether oxygens (including phenoxy) is 2. The van der Waals surface area contributed by atoms with Gasteiger partial charge in [0.1, 0.15) is 11.5 Å². The molecule has 1 aliphatic rings. The summed E-state index contributed by atoms with van der Waals surface area (Å²) >= 11 is 0. The van der Waals surface area contributed by atoms with E-state index in [-0.39, 0.29) is 11.3 Å². The van der Waals surface area contributed by atoms with Crippen LogP contribution in [0.2, 0.25) is 0 Å². The Bertz CT molecular complexity index is 708. The van der Waals surface area contributed by atoms with Crippen LogP contribution in [0.15, 0.2) is 48.5 Å². The van der Waals surface area contributed by atoms with Crippen LogP contribution in [0.25, 0.3) is 0 Å². The van der Waals surface area contributed by atoms with Crippen LogP contribution >= 0.6 is 0 Å². The van der Waals surface area contributed by atoms with Crippen molar-refractivity contribution in [2.75, 3.05) is 20.8 Å². The average molecular weight is 325 g/mol. The number of rotatable bonds is 6. The van der Waals surface area contributed by atoms with Gasteiger partial charge in [-0.3, -0.25) is 4.79 Å². The van der Waals surface area contributed by atoms with Gasteiger partial charge in [-0.1, -0.05) is 36.8 Å². The molecule has 0 heterocycles. The molecule has 1 fully saturated rings. The molecule has 1 amide bonds. The Morgan fingerprint density at radius 1 is 1.08 bits per heavy atom. The summed E-state index contributed by atoms with van der Waals surface area (Å²) in [7, 11) is 3.15. The first-order chi connectivity index (χ1) is 11.7. The molecule has 2 aromatic rings. The molecule has 4 heteroatoms. The van der Waals surface area contributed by atoms with Crippen LogP contribution in [0.5, 0.6) is 11.5 Å². The van der Waals surface area contributed by atoms with Gasteiger partial charge in [-0.25, -0.2) is 0 Å². The molecule has 0 unspecified atom stereocenters. The number of nitrogens with one attached hydrogen (secondary N) is 1. The number of carbonyl (C=O) groups excluding carboxylic acids is 1. The number of hydrogen-bond acceptors (Lipinski definition) is 3. The third-order valence-corrected chi connectivity index (χ3v) is 4.94. The summed E-state index contributed by atoms with van der Waals surface area (Å²) in [5, 5.41) is 3.09. The van der Waals surface area contributed by atoms with E-state index in [1.54, 1.807) is 32.4 Å². The van der Waals surface area contributed by atoms with Crippen molar-refractivity contribution in [1.29, 1.82) is 0 Å². The molecule has 0 radical (unpaired) electrons. The molecule has 126 valence electrons. The molecular formula is C20H23NO3. The van der Waals surface area contributed by atoms with E-state index in [0.29, 0.717) is 23.6 Å². The lowest BCUT2D eigenvalue weighted by Gasteiger charge is -2.42. The molecule has 0 atom stereocenters. The van der Waals surface area contributed by atoms with Gasteiger partial charge >= 0.3 is 0 Å². The van der Waals surface area contributed by atoms with Crippen molar-refractivity contribution < 1.29 is 14.3 Å². The Morgan fingerprint density at radius 2 is 1.83 bits per heavy atom. The summed E-state index contributed by atoms with van der Waals surface area (Å²) in [5.41, 5.74) is 1.90. The SMILES string of the molecule is COc1ccc(C(=O)NCC2(c3ccccc3)CCC2)c(OC)c1. The van der Waals surface area contributed by atoms with Crippen LogP contribution in [0.1, 0.15) is 35.2 Å². The second-order valence-corrected chi connectivity index (χ2v) is 6.25. The van der Waals surface area contributed by atoms with Crippen molar-refractivity contribution in [1.82, 2.24) is 5.32 Å². The fourth-order valence-electron chi connectivity index (χ4n) is 3.29. The summed E-state index contributed by atoms with van der Waals surface area (Å²) in [6, 6.07) is 15.7. The van der Waals surface area contributed by atoms with Gasteiger partial charge < -0.3 is 14.8 Å². The van der Waals surface area contributed by atoms with Crippen molar-refractivity contribution in [2.24, 2.45) is 0 Å². The van der Waals surface area contributed by atoms with Crippen molar-refractivity contribution >= 4 is 5.91 Å². The molecule has 1 saturated carbocycles. The monoisotopic (exact) mass is 325 g/mol. The quantitative estimate of drug-likeness (QED) is 0.883. The fourth-order valence-corrected chi connectivity index (χ4v) is 3.29. The predicted octanol–water partition coefficient (Wildman–Crippen LogP) is 3.56. The number of hydrogen-bond donors (Lipinski definition) is 1. The zero-order valence-electron chi connectivity index (χ0n) is 14.2. The minimum absolute atomic E-state index is 0.0661. The largest absolute Gasteiger partial charge is 0.497 e. The van der Waals surface area contributed by atoms with E-state index >= 15 is 0 Å². The molecule has 1 N–H and O–H groups in total. The highest BCUT2D eigenvalue weighted by molar-refractivity contribution is 5.97. The van der Waals surface area contributed by atoms with E-state index in [1.807, 2.05) is 6.07 Å². The second-order valence-electron chi connectivity index (χ2n) is 6.25. The summed E-state index contributed by atoms with van der Waals surface area (Å²) in [6.45, 7) is 0.644. The number of amides is 1. The maximum Gasteiger partial charge on any atom is 0.255 e. The number of carbonyl (C=O) groups is 1. The molecular weight excluding hydrogens is 302 g/mol. The maximum absolute atomic E-state index is 12.6. The molecule has 4 nitrogen and oxygen atoms in total. The van der Waals surface area contributed by atoms with E-state index in [0.717, 1.165) is 12.8 Å². The smallest absolute Gasteiger partial charge is 0.255 e. The van der Waals surface area contributed by atoms with Gasteiger partial charge in [0.2, 0.25) is 0 Å². The van der Waals surface area contributed by atoms with Crippen LogP contribution < -0.4 is 14.8 Å². The minimum atomic E-state index is -0.114. The minimum Gasteiger partial charge on any atom is -0.497 e. The molecule has 0 saturated heterocycles. The Labute approximate surface area is 142 Å². The highest BCUT2D eigenvalue weighted by atomic mass is 16.5. The first-order valence-corrected chi connectivity index (χ1v) is 8.24. The van der Waals surface area contributed by atoms with Gasteiger partial charge in [0.15, 0.2) is 0 Å². The second kappa shape index (κ2) is 6.95. The van der Waals surface area contributed by atoms with E-state index in [2.05, 4.69) is 29.6 Å². The summed E-state index contributed by atoms with van der Waals surface area (Å²) in [5.74, 6) is 1.08. The van der Waals surface area contributed by atoms with Gasteiger partial charge in [0, 0.05) is 18.0 Å². The first-order valence-electron chi connectivity index (χ1n) is 8.24. The zero-order chi connectivity index (χ0) is 17.0. The van der Waals surface area contributed by atoms with Crippen molar-refractivity contribution in [2.45, 2.75) is 24.7 Å². The molecule has 0 aromatic heterocycles.